The van der Waals surface area contributed by atoms with Crippen LogP contribution in [0.25, 0.3) is 16.6 Å². The van der Waals surface area contributed by atoms with Crippen LogP contribution in [0.15, 0.2) is 53.3 Å². The average molecular weight is 337 g/mol. The molecule has 0 bridgehead atoms. The molecule has 0 atom stereocenters. The van der Waals surface area contributed by atoms with E-state index in [0.717, 1.165) is 0 Å². The predicted octanol–water partition coefficient (Wildman–Crippen LogP) is 1.47. The van der Waals surface area contributed by atoms with Crippen molar-refractivity contribution in [3.05, 3.63) is 64.7 Å². The van der Waals surface area contributed by atoms with Crippen LogP contribution >= 0.6 is 0 Å². The summed E-state index contributed by atoms with van der Waals surface area (Å²) in [6.45, 7) is 2.44. The Morgan fingerprint density at radius 1 is 1.16 bits per heavy atom. The van der Waals surface area contributed by atoms with Gasteiger partial charge in [0, 0.05) is 12.4 Å². The van der Waals surface area contributed by atoms with Crippen molar-refractivity contribution in [1.82, 2.24) is 9.55 Å². The Balaban J connectivity index is 2.16. The molecule has 0 aliphatic heterocycles. The van der Waals surface area contributed by atoms with E-state index in [1.54, 1.807) is 48.5 Å². The van der Waals surface area contributed by atoms with Crippen molar-refractivity contribution in [2.75, 3.05) is 6.61 Å². The molecule has 1 heterocycles. The second-order valence-corrected chi connectivity index (χ2v) is 5.48. The summed E-state index contributed by atoms with van der Waals surface area (Å²) in [4.78, 5) is 28.3. The van der Waals surface area contributed by atoms with Crippen LogP contribution in [0.4, 0.5) is 0 Å². The summed E-state index contributed by atoms with van der Waals surface area (Å²) in [6, 6.07) is 14.1. The standard InChI is InChI=1S/C19H18N2O4/c1-2-25-14-9-7-13(8-10-14)21-17(11-12-18(22)23)20-16-6-4-3-5-15(16)19(21)24/h3-10H,2,11-12H2,1H3,(H,22,23)/p-1. The van der Waals surface area contributed by atoms with E-state index in [1.165, 1.54) is 4.57 Å². The SMILES string of the molecule is CCOc1ccc(-n2c(CCC(=O)[O-])nc3ccccc3c2=O)cc1. The molecule has 1 aromatic heterocycles. The maximum Gasteiger partial charge on any atom is 0.265 e. The van der Waals surface area contributed by atoms with Crippen molar-refractivity contribution in [2.24, 2.45) is 0 Å². The van der Waals surface area contributed by atoms with Crippen LogP contribution in [0, 0.1) is 0 Å². The van der Waals surface area contributed by atoms with Gasteiger partial charge in [-0.1, -0.05) is 12.1 Å². The fourth-order valence-corrected chi connectivity index (χ4v) is 2.68. The Morgan fingerprint density at radius 2 is 1.88 bits per heavy atom. The molecule has 0 fully saturated rings. The Hall–Kier alpha value is -3.15. The second-order valence-electron chi connectivity index (χ2n) is 5.48. The summed E-state index contributed by atoms with van der Waals surface area (Å²) in [7, 11) is 0. The zero-order chi connectivity index (χ0) is 17.8. The van der Waals surface area contributed by atoms with E-state index in [4.69, 9.17) is 4.74 Å². The molecule has 0 saturated carbocycles. The molecule has 6 heteroatoms. The number of aryl methyl sites for hydroxylation is 1. The maximum atomic E-state index is 12.9. The van der Waals surface area contributed by atoms with Gasteiger partial charge in [0.1, 0.15) is 11.6 Å². The lowest BCUT2D eigenvalue weighted by Gasteiger charge is -2.14. The monoisotopic (exact) mass is 337 g/mol. The van der Waals surface area contributed by atoms with Gasteiger partial charge >= 0.3 is 0 Å². The summed E-state index contributed by atoms with van der Waals surface area (Å²) in [5.74, 6) is -0.0953. The number of carbonyl (C=O) groups excluding carboxylic acids is 1. The first-order chi connectivity index (χ1) is 12.1. The molecule has 25 heavy (non-hydrogen) atoms. The lowest BCUT2D eigenvalue weighted by atomic mass is 10.2. The van der Waals surface area contributed by atoms with Crippen LogP contribution in [0.1, 0.15) is 19.2 Å². The smallest absolute Gasteiger partial charge is 0.265 e. The van der Waals surface area contributed by atoms with Crippen molar-refractivity contribution >= 4 is 16.9 Å². The zero-order valence-electron chi connectivity index (χ0n) is 13.8. The molecular weight excluding hydrogens is 320 g/mol. The average Bonchev–Trinajstić information content (AvgIpc) is 2.61. The fourth-order valence-electron chi connectivity index (χ4n) is 2.68. The lowest BCUT2D eigenvalue weighted by molar-refractivity contribution is -0.305. The van der Waals surface area contributed by atoms with Crippen LogP contribution in [-0.4, -0.2) is 22.1 Å². The highest BCUT2D eigenvalue weighted by Gasteiger charge is 2.12. The third-order valence-electron chi connectivity index (χ3n) is 3.80. The van der Waals surface area contributed by atoms with E-state index in [9.17, 15) is 14.7 Å². The van der Waals surface area contributed by atoms with Gasteiger partial charge in [-0.05, 0) is 49.7 Å². The topological polar surface area (TPSA) is 84.2 Å². The molecule has 0 radical (unpaired) electrons. The van der Waals surface area contributed by atoms with Gasteiger partial charge in [-0.25, -0.2) is 4.98 Å². The van der Waals surface area contributed by atoms with Crippen molar-refractivity contribution in [3.63, 3.8) is 0 Å². The highest BCUT2D eigenvalue weighted by atomic mass is 16.5. The normalized spacial score (nSPS) is 10.8. The Morgan fingerprint density at radius 3 is 2.56 bits per heavy atom. The van der Waals surface area contributed by atoms with Gasteiger partial charge in [0.05, 0.1) is 23.2 Å². The molecule has 3 aromatic rings. The number of rotatable bonds is 6. The lowest BCUT2D eigenvalue weighted by Crippen LogP contribution is -2.27. The molecule has 2 aromatic carbocycles. The van der Waals surface area contributed by atoms with Gasteiger partial charge in [0.25, 0.3) is 5.56 Å². The molecule has 0 aliphatic rings. The number of nitrogens with zero attached hydrogens (tertiary/aromatic N) is 2. The molecule has 0 unspecified atom stereocenters. The van der Waals surface area contributed by atoms with E-state index in [-0.39, 0.29) is 18.4 Å². The van der Waals surface area contributed by atoms with Crippen molar-refractivity contribution in [2.45, 2.75) is 19.8 Å². The summed E-state index contributed by atoms with van der Waals surface area (Å²) in [5.41, 5.74) is 0.922. The van der Waals surface area contributed by atoms with Gasteiger partial charge in [-0.3, -0.25) is 9.36 Å². The minimum Gasteiger partial charge on any atom is -0.550 e. The molecule has 0 spiro atoms. The minimum atomic E-state index is -1.18. The molecule has 0 aliphatic carbocycles. The molecule has 6 nitrogen and oxygen atoms in total. The number of aromatic nitrogens is 2. The first kappa shape index (κ1) is 16.7. The quantitative estimate of drug-likeness (QED) is 0.680. The summed E-state index contributed by atoms with van der Waals surface area (Å²) in [5, 5.41) is 11.3. The molecule has 0 amide bonds. The minimum absolute atomic E-state index is 0.107. The largest absolute Gasteiger partial charge is 0.550 e. The number of carbonyl (C=O) groups is 1. The van der Waals surface area contributed by atoms with Gasteiger partial charge in [-0.2, -0.15) is 0 Å². The number of hydrogen-bond acceptors (Lipinski definition) is 5. The van der Waals surface area contributed by atoms with Gasteiger partial charge in [0.15, 0.2) is 0 Å². The number of hydrogen-bond donors (Lipinski definition) is 0. The number of carboxylic acid groups (broad SMARTS) is 1. The van der Waals surface area contributed by atoms with Crippen LogP contribution in [-0.2, 0) is 11.2 Å². The first-order valence-corrected chi connectivity index (χ1v) is 8.04. The van der Waals surface area contributed by atoms with Gasteiger partial charge < -0.3 is 14.6 Å². The van der Waals surface area contributed by atoms with Crippen LogP contribution < -0.4 is 15.4 Å². The summed E-state index contributed by atoms with van der Waals surface area (Å²) < 4.78 is 6.86. The van der Waals surface area contributed by atoms with Crippen molar-refractivity contribution in [3.8, 4) is 11.4 Å². The number of ether oxygens (including phenoxy) is 1. The number of para-hydroxylation sites is 1. The van der Waals surface area contributed by atoms with Crippen LogP contribution in [0.2, 0.25) is 0 Å². The summed E-state index contributed by atoms with van der Waals surface area (Å²) >= 11 is 0. The predicted molar refractivity (Wildman–Crippen MR) is 91.8 cm³/mol. The second kappa shape index (κ2) is 7.17. The fraction of sp³-hybridized carbons (Fsp3) is 0.211. The zero-order valence-corrected chi connectivity index (χ0v) is 13.8. The third kappa shape index (κ3) is 3.52. The van der Waals surface area contributed by atoms with E-state index in [1.807, 2.05) is 6.92 Å². The number of carboxylic acids is 1. The van der Waals surface area contributed by atoms with E-state index in [2.05, 4.69) is 4.98 Å². The summed E-state index contributed by atoms with van der Waals surface area (Å²) in [6.07, 6.45) is -0.0998. The van der Waals surface area contributed by atoms with E-state index >= 15 is 0 Å². The highest BCUT2D eigenvalue weighted by molar-refractivity contribution is 5.78. The Bertz CT molecular complexity index is 961. The number of fused-ring (bicyclic) bond motifs is 1. The molecule has 0 saturated heterocycles. The molecule has 128 valence electrons. The van der Waals surface area contributed by atoms with Crippen LogP contribution in [0.3, 0.4) is 0 Å². The highest BCUT2D eigenvalue weighted by Crippen LogP contribution is 2.18. The molecule has 3 rings (SSSR count). The van der Waals surface area contributed by atoms with Crippen molar-refractivity contribution < 1.29 is 14.6 Å². The maximum absolute atomic E-state index is 12.9. The number of aliphatic carboxylic acids is 1. The third-order valence-corrected chi connectivity index (χ3v) is 3.80. The van der Waals surface area contributed by atoms with Crippen LogP contribution in [0.5, 0.6) is 5.75 Å². The molecular formula is C19H17N2O4-. The van der Waals surface area contributed by atoms with E-state index < -0.39 is 5.97 Å². The van der Waals surface area contributed by atoms with Gasteiger partial charge in [-0.15, -0.1) is 0 Å². The first-order valence-electron chi connectivity index (χ1n) is 8.04. The number of benzene rings is 2. The van der Waals surface area contributed by atoms with E-state index in [0.29, 0.717) is 34.8 Å². The Labute approximate surface area is 144 Å². The Kier molecular flexibility index (Phi) is 4.79. The van der Waals surface area contributed by atoms with Gasteiger partial charge in [0.2, 0.25) is 0 Å². The molecule has 0 N–H and O–H groups in total. The van der Waals surface area contributed by atoms with Crippen molar-refractivity contribution in [1.29, 1.82) is 0 Å².